The van der Waals surface area contributed by atoms with Crippen molar-refractivity contribution in [2.24, 2.45) is 0 Å². The van der Waals surface area contributed by atoms with Gasteiger partial charge in [-0.25, -0.2) is 8.42 Å². The standard InChI is InChI=1S/C22H30N2O4S/c1-7-21(22(25)23-17(4)20-14-15(2)8-9-16(20)3)24(29(6,26)27)18-10-12-19(28-5)13-11-18/h8-14,17,21H,7H2,1-6H3,(H,23,25)/t17-,21+/m0/s1. The summed E-state index contributed by atoms with van der Waals surface area (Å²) in [7, 11) is -2.14. The maximum Gasteiger partial charge on any atom is 0.244 e. The van der Waals surface area contributed by atoms with Crippen molar-refractivity contribution in [3.05, 3.63) is 59.2 Å². The number of hydrogen-bond donors (Lipinski definition) is 1. The molecular weight excluding hydrogens is 388 g/mol. The van der Waals surface area contributed by atoms with Gasteiger partial charge in [0.1, 0.15) is 11.8 Å². The molecule has 2 aromatic carbocycles. The highest BCUT2D eigenvalue weighted by Crippen LogP contribution is 2.26. The number of amides is 1. The molecule has 1 amide bonds. The van der Waals surface area contributed by atoms with E-state index in [4.69, 9.17) is 4.74 Å². The van der Waals surface area contributed by atoms with Gasteiger partial charge < -0.3 is 10.1 Å². The number of benzene rings is 2. The second-order valence-corrected chi connectivity index (χ2v) is 9.13. The third-order valence-electron chi connectivity index (χ3n) is 4.92. The van der Waals surface area contributed by atoms with Crippen LogP contribution in [0.15, 0.2) is 42.5 Å². The van der Waals surface area contributed by atoms with E-state index in [0.717, 1.165) is 22.9 Å². The van der Waals surface area contributed by atoms with Gasteiger partial charge in [0.25, 0.3) is 0 Å². The van der Waals surface area contributed by atoms with Crippen LogP contribution >= 0.6 is 0 Å². The van der Waals surface area contributed by atoms with Gasteiger partial charge in [-0.2, -0.15) is 0 Å². The molecule has 0 aromatic heterocycles. The van der Waals surface area contributed by atoms with Crippen molar-refractivity contribution in [2.75, 3.05) is 17.7 Å². The molecule has 2 rings (SSSR count). The molecule has 0 saturated carbocycles. The third-order valence-corrected chi connectivity index (χ3v) is 6.10. The topological polar surface area (TPSA) is 75.7 Å². The van der Waals surface area contributed by atoms with Gasteiger partial charge >= 0.3 is 0 Å². The Bertz CT molecular complexity index is 955. The number of ether oxygens (including phenoxy) is 1. The first kappa shape index (κ1) is 22.7. The van der Waals surface area contributed by atoms with Crippen LogP contribution in [0.25, 0.3) is 0 Å². The summed E-state index contributed by atoms with van der Waals surface area (Å²) in [5.41, 5.74) is 3.62. The van der Waals surface area contributed by atoms with Gasteiger partial charge in [-0.05, 0) is 62.6 Å². The zero-order chi connectivity index (χ0) is 21.8. The average molecular weight is 419 g/mol. The first-order valence-corrected chi connectivity index (χ1v) is 11.4. The van der Waals surface area contributed by atoms with E-state index in [-0.39, 0.29) is 11.9 Å². The maximum atomic E-state index is 13.1. The molecule has 0 heterocycles. The molecule has 7 heteroatoms. The van der Waals surface area contributed by atoms with Crippen LogP contribution in [0.2, 0.25) is 0 Å². The average Bonchev–Trinajstić information content (AvgIpc) is 2.66. The van der Waals surface area contributed by atoms with E-state index in [9.17, 15) is 13.2 Å². The van der Waals surface area contributed by atoms with Crippen molar-refractivity contribution in [3.63, 3.8) is 0 Å². The van der Waals surface area contributed by atoms with E-state index in [2.05, 4.69) is 5.32 Å². The number of carbonyl (C=O) groups excluding carboxylic acids is 1. The second-order valence-electron chi connectivity index (χ2n) is 7.27. The van der Waals surface area contributed by atoms with Crippen LogP contribution in [0, 0.1) is 13.8 Å². The van der Waals surface area contributed by atoms with Gasteiger partial charge in [-0.1, -0.05) is 30.7 Å². The number of hydrogen-bond acceptors (Lipinski definition) is 4. The number of carbonyl (C=O) groups is 1. The van der Waals surface area contributed by atoms with Crippen molar-refractivity contribution in [1.29, 1.82) is 0 Å². The summed E-state index contributed by atoms with van der Waals surface area (Å²) in [5.74, 6) is 0.283. The van der Waals surface area contributed by atoms with Gasteiger partial charge in [-0.15, -0.1) is 0 Å². The van der Waals surface area contributed by atoms with E-state index in [1.807, 2.05) is 39.0 Å². The fourth-order valence-electron chi connectivity index (χ4n) is 3.40. The molecule has 0 unspecified atom stereocenters. The molecule has 6 nitrogen and oxygen atoms in total. The van der Waals surface area contributed by atoms with Crippen LogP contribution in [-0.4, -0.2) is 33.7 Å². The van der Waals surface area contributed by atoms with Gasteiger partial charge in [0.05, 0.1) is 25.1 Å². The van der Waals surface area contributed by atoms with Crippen LogP contribution < -0.4 is 14.4 Å². The Morgan fingerprint density at radius 2 is 1.76 bits per heavy atom. The van der Waals surface area contributed by atoms with E-state index < -0.39 is 16.1 Å². The largest absolute Gasteiger partial charge is 0.497 e. The second kappa shape index (κ2) is 9.31. The summed E-state index contributed by atoms with van der Waals surface area (Å²) in [6.45, 7) is 7.70. The highest BCUT2D eigenvalue weighted by atomic mass is 32.2. The number of rotatable bonds is 8. The maximum absolute atomic E-state index is 13.1. The molecule has 0 spiro atoms. The third kappa shape index (κ3) is 5.50. The summed E-state index contributed by atoms with van der Waals surface area (Å²) >= 11 is 0. The fourth-order valence-corrected chi connectivity index (χ4v) is 4.61. The lowest BCUT2D eigenvalue weighted by Crippen LogP contribution is -2.49. The summed E-state index contributed by atoms with van der Waals surface area (Å²) in [5, 5.41) is 2.99. The molecule has 0 aliphatic carbocycles. The Hall–Kier alpha value is -2.54. The Morgan fingerprint density at radius 1 is 1.14 bits per heavy atom. The van der Waals surface area contributed by atoms with Gasteiger partial charge in [0.15, 0.2) is 0 Å². The van der Waals surface area contributed by atoms with Crippen LogP contribution in [0.3, 0.4) is 0 Å². The summed E-state index contributed by atoms with van der Waals surface area (Å²) in [6.07, 6.45) is 1.45. The molecule has 0 aliphatic rings. The van der Waals surface area contributed by atoms with Gasteiger partial charge in [0, 0.05) is 0 Å². The molecule has 1 N–H and O–H groups in total. The number of aryl methyl sites for hydroxylation is 2. The fraction of sp³-hybridized carbons (Fsp3) is 0.409. The van der Waals surface area contributed by atoms with Crippen molar-refractivity contribution in [3.8, 4) is 5.75 Å². The zero-order valence-electron chi connectivity index (χ0n) is 17.9. The highest BCUT2D eigenvalue weighted by molar-refractivity contribution is 7.92. The van der Waals surface area contributed by atoms with E-state index in [0.29, 0.717) is 17.9 Å². The Morgan fingerprint density at radius 3 is 2.28 bits per heavy atom. The molecule has 158 valence electrons. The molecule has 0 radical (unpaired) electrons. The van der Waals surface area contributed by atoms with Crippen molar-refractivity contribution < 1.29 is 17.9 Å². The van der Waals surface area contributed by atoms with Crippen molar-refractivity contribution in [1.82, 2.24) is 5.32 Å². The summed E-state index contributed by atoms with van der Waals surface area (Å²) < 4.78 is 31.4. The number of sulfonamides is 1. The molecule has 0 aliphatic heterocycles. The van der Waals surface area contributed by atoms with Gasteiger partial charge in [0.2, 0.25) is 15.9 Å². The van der Waals surface area contributed by atoms with E-state index in [1.54, 1.807) is 38.3 Å². The number of nitrogens with one attached hydrogen (secondary N) is 1. The summed E-state index contributed by atoms with van der Waals surface area (Å²) in [4.78, 5) is 13.1. The summed E-state index contributed by atoms with van der Waals surface area (Å²) in [6, 6.07) is 11.6. The van der Waals surface area contributed by atoms with Crippen molar-refractivity contribution >= 4 is 21.6 Å². The molecule has 29 heavy (non-hydrogen) atoms. The monoisotopic (exact) mass is 418 g/mol. The van der Waals surface area contributed by atoms with Crippen LogP contribution in [0.5, 0.6) is 5.75 Å². The van der Waals surface area contributed by atoms with E-state index in [1.165, 1.54) is 4.31 Å². The quantitative estimate of drug-likeness (QED) is 0.709. The smallest absolute Gasteiger partial charge is 0.244 e. The minimum atomic E-state index is -3.68. The molecular formula is C22H30N2O4S. The minimum Gasteiger partial charge on any atom is -0.497 e. The number of nitrogens with zero attached hydrogens (tertiary/aromatic N) is 1. The zero-order valence-corrected chi connectivity index (χ0v) is 18.7. The molecule has 0 bridgehead atoms. The lowest BCUT2D eigenvalue weighted by molar-refractivity contribution is -0.122. The minimum absolute atomic E-state index is 0.242. The molecule has 0 fully saturated rings. The van der Waals surface area contributed by atoms with Crippen LogP contribution in [0.1, 0.15) is 43.0 Å². The molecule has 2 atom stereocenters. The predicted molar refractivity (Wildman–Crippen MR) is 117 cm³/mol. The van der Waals surface area contributed by atoms with Gasteiger partial charge in [-0.3, -0.25) is 9.10 Å². The number of methoxy groups -OCH3 is 1. The van der Waals surface area contributed by atoms with Crippen LogP contribution in [0.4, 0.5) is 5.69 Å². The Balaban J connectivity index is 2.33. The SMILES string of the molecule is CC[C@H](C(=O)N[C@@H](C)c1cc(C)ccc1C)N(c1ccc(OC)cc1)S(C)(=O)=O. The van der Waals surface area contributed by atoms with E-state index >= 15 is 0 Å². The molecule has 0 saturated heterocycles. The van der Waals surface area contributed by atoms with Crippen LogP contribution in [-0.2, 0) is 14.8 Å². The lowest BCUT2D eigenvalue weighted by atomic mass is 9.99. The number of anilines is 1. The normalized spacial score (nSPS) is 13.4. The van der Waals surface area contributed by atoms with Crippen molar-refractivity contribution in [2.45, 2.75) is 46.2 Å². The molecule has 2 aromatic rings. The first-order chi connectivity index (χ1) is 13.6. The Labute approximate surface area is 173 Å². The Kier molecular flexibility index (Phi) is 7.30. The highest BCUT2D eigenvalue weighted by Gasteiger charge is 2.32. The predicted octanol–water partition coefficient (Wildman–Crippen LogP) is 3.73. The lowest BCUT2D eigenvalue weighted by Gasteiger charge is -2.31. The first-order valence-electron chi connectivity index (χ1n) is 9.59.